The standard InChI is InChI=1S/C14H20N2S/c1-9(15)7-10-5-6-12-11(8-10)16-13(17-12)14(2,3)4/h5-6,8-9H,7,15H2,1-4H3. The Labute approximate surface area is 107 Å². The number of fused-ring (bicyclic) bond motifs is 1. The van der Waals surface area contributed by atoms with Crippen LogP contribution in [0.2, 0.25) is 0 Å². The predicted octanol–water partition coefficient (Wildman–Crippen LogP) is 3.48. The normalized spacial score (nSPS) is 14.2. The minimum Gasteiger partial charge on any atom is -0.328 e. The van der Waals surface area contributed by atoms with Crippen molar-refractivity contribution in [3.8, 4) is 0 Å². The van der Waals surface area contributed by atoms with Gasteiger partial charge in [-0.2, -0.15) is 0 Å². The molecule has 2 rings (SSSR count). The van der Waals surface area contributed by atoms with E-state index in [1.165, 1.54) is 15.3 Å². The summed E-state index contributed by atoms with van der Waals surface area (Å²) >= 11 is 1.79. The molecule has 0 saturated heterocycles. The molecule has 0 spiro atoms. The number of thiazole rings is 1. The average Bonchev–Trinajstić information content (AvgIpc) is 2.58. The first kappa shape index (κ1) is 12.5. The molecule has 1 aromatic heterocycles. The molecule has 0 fully saturated rings. The summed E-state index contributed by atoms with van der Waals surface area (Å²) in [5.41, 5.74) is 8.34. The van der Waals surface area contributed by atoms with E-state index in [-0.39, 0.29) is 11.5 Å². The Hall–Kier alpha value is -0.930. The van der Waals surface area contributed by atoms with Gasteiger partial charge < -0.3 is 5.73 Å². The van der Waals surface area contributed by atoms with Crippen LogP contribution in [0.4, 0.5) is 0 Å². The number of aromatic nitrogens is 1. The van der Waals surface area contributed by atoms with Gasteiger partial charge in [0.2, 0.25) is 0 Å². The molecule has 3 heteroatoms. The zero-order valence-electron chi connectivity index (χ0n) is 10.9. The van der Waals surface area contributed by atoms with E-state index in [0.29, 0.717) is 0 Å². The Morgan fingerprint density at radius 1 is 1.35 bits per heavy atom. The van der Waals surface area contributed by atoms with E-state index in [2.05, 4.69) is 39.0 Å². The van der Waals surface area contributed by atoms with E-state index in [1.807, 2.05) is 6.92 Å². The van der Waals surface area contributed by atoms with Gasteiger partial charge in [-0.3, -0.25) is 0 Å². The van der Waals surface area contributed by atoms with Crippen LogP contribution in [0.15, 0.2) is 18.2 Å². The molecular formula is C14H20N2S. The molecule has 0 aliphatic carbocycles. The van der Waals surface area contributed by atoms with Crippen molar-refractivity contribution in [2.75, 3.05) is 0 Å². The number of benzene rings is 1. The quantitative estimate of drug-likeness (QED) is 0.883. The maximum absolute atomic E-state index is 5.83. The van der Waals surface area contributed by atoms with Crippen molar-refractivity contribution >= 4 is 21.6 Å². The first-order valence-electron chi connectivity index (χ1n) is 6.02. The van der Waals surface area contributed by atoms with Gasteiger partial charge in [0.05, 0.1) is 15.2 Å². The maximum atomic E-state index is 5.83. The van der Waals surface area contributed by atoms with Crippen LogP contribution in [-0.2, 0) is 11.8 Å². The summed E-state index contributed by atoms with van der Waals surface area (Å²) in [6.07, 6.45) is 0.915. The number of rotatable bonds is 2. The van der Waals surface area contributed by atoms with Gasteiger partial charge in [0.1, 0.15) is 0 Å². The van der Waals surface area contributed by atoms with Crippen LogP contribution in [0.5, 0.6) is 0 Å². The smallest absolute Gasteiger partial charge is 0.0992 e. The lowest BCUT2D eigenvalue weighted by Gasteiger charge is -2.13. The van der Waals surface area contributed by atoms with Crippen LogP contribution in [0.25, 0.3) is 10.2 Å². The molecule has 2 aromatic rings. The molecule has 1 atom stereocenters. The van der Waals surface area contributed by atoms with Crippen molar-refractivity contribution in [3.05, 3.63) is 28.8 Å². The second-order valence-corrected chi connectivity index (χ2v) is 6.78. The lowest BCUT2D eigenvalue weighted by atomic mass is 9.98. The van der Waals surface area contributed by atoms with Crippen molar-refractivity contribution in [2.24, 2.45) is 5.73 Å². The number of nitrogens with two attached hydrogens (primary N) is 1. The second-order valence-electron chi connectivity index (χ2n) is 5.75. The fourth-order valence-corrected chi connectivity index (χ4v) is 2.80. The van der Waals surface area contributed by atoms with E-state index in [1.54, 1.807) is 11.3 Å². The summed E-state index contributed by atoms with van der Waals surface area (Å²) in [6, 6.07) is 6.70. The third-order valence-corrected chi connectivity index (χ3v) is 4.11. The third-order valence-electron chi connectivity index (χ3n) is 2.65. The summed E-state index contributed by atoms with van der Waals surface area (Å²) in [4.78, 5) is 4.73. The summed E-state index contributed by atoms with van der Waals surface area (Å²) < 4.78 is 1.27. The summed E-state index contributed by atoms with van der Waals surface area (Å²) in [7, 11) is 0. The molecule has 17 heavy (non-hydrogen) atoms. The Balaban J connectivity index is 2.41. The molecule has 1 aromatic carbocycles. The molecule has 0 radical (unpaired) electrons. The summed E-state index contributed by atoms with van der Waals surface area (Å²) in [5.74, 6) is 0. The first-order chi connectivity index (χ1) is 7.86. The Bertz CT molecular complexity index is 520. The third kappa shape index (κ3) is 2.85. The highest BCUT2D eigenvalue weighted by molar-refractivity contribution is 7.18. The van der Waals surface area contributed by atoms with Crippen LogP contribution in [-0.4, -0.2) is 11.0 Å². The van der Waals surface area contributed by atoms with E-state index in [0.717, 1.165) is 11.9 Å². The van der Waals surface area contributed by atoms with Crippen molar-refractivity contribution in [1.82, 2.24) is 4.98 Å². The van der Waals surface area contributed by atoms with Crippen LogP contribution in [0, 0.1) is 0 Å². The Morgan fingerprint density at radius 2 is 2.06 bits per heavy atom. The van der Waals surface area contributed by atoms with E-state index < -0.39 is 0 Å². The van der Waals surface area contributed by atoms with Crippen molar-refractivity contribution < 1.29 is 0 Å². The summed E-state index contributed by atoms with van der Waals surface area (Å²) in [5, 5.41) is 1.20. The molecule has 1 unspecified atom stereocenters. The molecule has 1 heterocycles. The van der Waals surface area contributed by atoms with Gasteiger partial charge in [0, 0.05) is 11.5 Å². The second kappa shape index (κ2) is 4.39. The largest absolute Gasteiger partial charge is 0.328 e. The van der Waals surface area contributed by atoms with Gasteiger partial charge >= 0.3 is 0 Å². The zero-order valence-corrected chi connectivity index (χ0v) is 11.8. The van der Waals surface area contributed by atoms with E-state index in [9.17, 15) is 0 Å². The van der Waals surface area contributed by atoms with Gasteiger partial charge in [-0.15, -0.1) is 11.3 Å². The molecule has 0 bridgehead atoms. The molecule has 2 nitrogen and oxygen atoms in total. The minimum atomic E-state index is 0.130. The molecule has 92 valence electrons. The predicted molar refractivity (Wildman–Crippen MR) is 75.7 cm³/mol. The van der Waals surface area contributed by atoms with E-state index >= 15 is 0 Å². The summed E-state index contributed by atoms with van der Waals surface area (Å²) in [6.45, 7) is 8.64. The number of nitrogens with zero attached hydrogens (tertiary/aromatic N) is 1. The van der Waals surface area contributed by atoms with Gasteiger partial charge in [-0.1, -0.05) is 26.8 Å². The van der Waals surface area contributed by atoms with Gasteiger partial charge in [0.25, 0.3) is 0 Å². The number of hydrogen-bond acceptors (Lipinski definition) is 3. The molecule has 0 aliphatic heterocycles. The molecule has 2 N–H and O–H groups in total. The fourth-order valence-electron chi connectivity index (χ4n) is 1.79. The monoisotopic (exact) mass is 248 g/mol. The van der Waals surface area contributed by atoms with Crippen molar-refractivity contribution in [2.45, 2.75) is 45.6 Å². The van der Waals surface area contributed by atoms with Gasteiger partial charge in [0.15, 0.2) is 0 Å². The minimum absolute atomic E-state index is 0.130. The lowest BCUT2D eigenvalue weighted by molar-refractivity contribution is 0.587. The van der Waals surface area contributed by atoms with Crippen LogP contribution in [0.3, 0.4) is 0 Å². The highest BCUT2D eigenvalue weighted by atomic mass is 32.1. The SMILES string of the molecule is CC(N)Cc1ccc2sc(C(C)(C)C)nc2c1. The van der Waals surface area contributed by atoms with Crippen molar-refractivity contribution in [3.63, 3.8) is 0 Å². The highest BCUT2D eigenvalue weighted by Gasteiger charge is 2.18. The highest BCUT2D eigenvalue weighted by Crippen LogP contribution is 2.31. The average molecular weight is 248 g/mol. The van der Waals surface area contributed by atoms with Gasteiger partial charge in [-0.25, -0.2) is 4.98 Å². The Morgan fingerprint density at radius 3 is 2.65 bits per heavy atom. The van der Waals surface area contributed by atoms with Crippen LogP contribution in [0.1, 0.15) is 38.3 Å². The van der Waals surface area contributed by atoms with Crippen molar-refractivity contribution in [1.29, 1.82) is 0 Å². The van der Waals surface area contributed by atoms with Crippen LogP contribution < -0.4 is 5.73 Å². The molecule has 0 saturated carbocycles. The molecular weight excluding hydrogens is 228 g/mol. The first-order valence-corrected chi connectivity index (χ1v) is 6.83. The topological polar surface area (TPSA) is 38.9 Å². The number of hydrogen-bond donors (Lipinski definition) is 1. The van der Waals surface area contributed by atoms with Gasteiger partial charge in [-0.05, 0) is 31.0 Å². The van der Waals surface area contributed by atoms with Crippen LogP contribution >= 0.6 is 11.3 Å². The fraction of sp³-hybridized carbons (Fsp3) is 0.500. The lowest BCUT2D eigenvalue weighted by Crippen LogP contribution is -2.17. The zero-order chi connectivity index (χ0) is 12.6. The Kier molecular flexibility index (Phi) is 3.23. The maximum Gasteiger partial charge on any atom is 0.0992 e. The molecule has 0 amide bonds. The molecule has 0 aliphatic rings. The van der Waals surface area contributed by atoms with E-state index in [4.69, 9.17) is 10.7 Å².